The molecule has 0 saturated carbocycles. The van der Waals surface area contributed by atoms with Crippen LogP contribution in [0.1, 0.15) is 18.9 Å². The van der Waals surface area contributed by atoms with Gasteiger partial charge in [0.25, 0.3) is 0 Å². The molecule has 0 aliphatic rings. The fourth-order valence-corrected chi connectivity index (χ4v) is 2.00. The van der Waals surface area contributed by atoms with Gasteiger partial charge in [0.05, 0.1) is 0 Å². The first-order valence-corrected chi connectivity index (χ1v) is 7.05. The van der Waals surface area contributed by atoms with Gasteiger partial charge in [-0.25, -0.2) is 4.39 Å². The average Bonchev–Trinajstić information content (AvgIpc) is 2.47. The lowest BCUT2D eigenvalue weighted by Crippen LogP contribution is -2.53. The van der Waals surface area contributed by atoms with E-state index in [0.717, 1.165) is 0 Å². The van der Waals surface area contributed by atoms with E-state index in [1.54, 1.807) is 0 Å². The molecule has 0 spiro atoms. The minimum absolute atomic E-state index is 0.158. The van der Waals surface area contributed by atoms with Crippen LogP contribution in [0.2, 0.25) is 0 Å². The predicted octanol–water partition coefficient (Wildman–Crippen LogP) is 0.419. The molecular formula is C16H20FN3O3. The Morgan fingerprint density at radius 3 is 2.30 bits per heavy atom. The monoisotopic (exact) mass is 321 g/mol. The van der Waals surface area contributed by atoms with Crippen LogP contribution < -0.4 is 16.4 Å². The Labute approximate surface area is 133 Å². The smallest absolute Gasteiger partial charge is 0.243 e. The van der Waals surface area contributed by atoms with E-state index in [-0.39, 0.29) is 12.8 Å². The highest BCUT2D eigenvalue weighted by Crippen LogP contribution is 2.07. The number of halogens is 1. The summed E-state index contributed by atoms with van der Waals surface area (Å²) in [6.45, 7) is 4.77. The van der Waals surface area contributed by atoms with Crippen molar-refractivity contribution < 1.29 is 18.8 Å². The topological polar surface area (TPSA) is 101 Å². The molecule has 0 aromatic heterocycles. The number of carbonyl (C=O) groups is 3. The number of primary amides is 1. The van der Waals surface area contributed by atoms with Crippen molar-refractivity contribution in [3.8, 4) is 0 Å². The maximum absolute atomic E-state index is 12.9. The Morgan fingerprint density at radius 2 is 1.83 bits per heavy atom. The summed E-state index contributed by atoms with van der Waals surface area (Å²) >= 11 is 0. The SMILES string of the molecule is C=CC[C@@H](NC(=O)[C@H](Cc1ccc(F)cc1)NC(C)=O)C(N)=O. The van der Waals surface area contributed by atoms with Crippen molar-refractivity contribution in [2.75, 3.05) is 0 Å². The third-order valence-electron chi connectivity index (χ3n) is 3.11. The summed E-state index contributed by atoms with van der Waals surface area (Å²) in [5.74, 6) is -2.03. The zero-order valence-electron chi connectivity index (χ0n) is 12.8. The standard InChI is InChI=1S/C16H20FN3O3/c1-3-4-13(15(18)22)20-16(23)14(19-10(2)21)9-11-5-7-12(17)8-6-11/h3,5-8,13-14H,1,4,9H2,2H3,(H2,18,22)(H,19,21)(H,20,23)/t13-,14+/m1/s1. The maximum atomic E-state index is 12.9. The normalized spacial score (nSPS) is 12.8. The Balaban J connectivity index is 2.84. The maximum Gasteiger partial charge on any atom is 0.243 e. The van der Waals surface area contributed by atoms with Crippen molar-refractivity contribution in [1.29, 1.82) is 0 Å². The first-order chi connectivity index (χ1) is 10.8. The van der Waals surface area contributed by atoms with Crippen molar-refractivity contribution in [2.24, 2.45) is 5.73 Å². The minimum Gasteiger partial charge on any atom is -0.368 e. The van der Waals surface area contributed by atoms with Crippen LogP contribution in [-0.2, 0) is 20.8 Å². The summed E-state index contributed by atoms with van der Waals surface area (Å²) in [7, 11) is 0. The molecule has 0 unspecified atom stereocenters. The predicted molar refractivity (Wildman–Crippen MR) is 83.6 cm³/mol. The second-order valence-corrected chi connectivity index (χ2v) is 5.07. The molecule has 1 rings (SSSR count). The lowest BCUT2D eigenvalue weighted by Gasteiger charge is -2.21. The summed E-state index contributed by atoms with van der Waals surface area (Å²) in [5.41, 5.74) is 5.88. The Hall–Kier alpha value is -2.70. The number of benzene rings is 1. The van der Waals surface area contributed by atoms with Crippen LogP contribution in [0.5, 0.6) is 0 Å². The summed E-state index contributed by atoms with van der Waals surface area (Å²) in [4.78, 5) is 34.9. The lowest BCUT2D eigenvalue weighted by molar-refractivity contribution is -0.130. The van der Waals surface area contributed by atoms with Crippen LogP contribution in [0.4, 0.5) is 4.39 Å². The summed E-state index contributed by atoms with van der Waals surface area (Å²) in [5, 5.41) is 4.99. The van der Waals surface area contributed by atoms with Crippen LogP contribution in [-0.4, -0.2) is 29.8 Å². The van der Waals surface area contributed by atoms with Gasteiger partial charge in [-0.15, -0.1) is 6.58 Å². The van der Waals surface area contributed by atoms with Gasteiger partial charge in [-0.1, -0.05) is 18.2 Å². The molecule has 23 heavy (non-hydrogen) atoms. The van der Waals surface area contributed by atoms with Crippen LogP contribution in [0.15, 0.2) is 36.9 Å². The number of nitrogens with one attached hydrogen (secondary N) is 2. The quantitative estimate of drug-likeness (QED) is 0.605. The number of hydrogen-bond donors (Lipinski definition) is 3. The van der Waals surface area contributed by atoms with E-state index in [1.165, 1.54) is 37.3 Å². The second-order valence-electron chi connectivity index (χ2n) is 5.07. The molecule has 1 aromatic rings. The molecule has 0 bridgehead atoms. The van der Waals surface area contributed by atoms with Crippen molar-refractivity contribution >= 4 is 17.7 Å². The zero-order valence-corrected chi connectivity index (χ0v) is 12.8. The molecule has 124 valence electrons. The van der Waals surface area contributed by atoms with Crippen LogP contribution in [0.25, 0.3) is 0 Å². The number of carbonyl (C=O) groups excluding carboxylic acids is 3. The zero-order chi connectivity index (χ0) is 17.4. The first-order valence-electron chi connectivity index (χ1n) is 7.05. The Kier molecular flexibility index (Phi) is 6.92. The number of hydrogen-bond acceptors (Lipinski definition) is 3. The second kappa shape index (κ2) is 8.67. The molecular weight excluding hydrogens is 301 g/mol. The molecule has 2 atom stereocenters. The molecule has 1 aromatic carbocycles. The van der Waals surface area contributed by atoms with Gasteiger partial charge in [-0.05, 0) is 24.1 Å². The number of rotatable bonds is 8. The van der Waals surface area contributed by atoms with E-state index in [1.807, 2.05) is 0 Å². The third-order valence-corrected chi connectivity index (χ3v) is 3.11. The third kappa shape index (κ3) is 6.29. The van der Waals surface area contributed by atoms with Crippen molar-refractivity contribution in [3.05, 3.63) is 48.3 Å². The van der Waals surface area contributed by atoms with Gasteiger partial charge in [0.1, 0.15) is 17.9 Å². The van der Waals surface area contributed by atoms with Gasteiger partial charge in [0.2, 0.25) is 17.7 Å². The van der Waals surface area contributed by atoms with E-state index in [9.17, 15) is 18.8 Å². The highest BCUT2D eigenvalue weighted by atomic mass is 19.1. The van der Waals surface area contributed by atoms with Gasteiger partial charge in [-0.2, -0.15) is 0 Å². The van der Waals surface area contributed by atoms with Gasteiger partial charge in [0, 0.05) is 13.3 Å². The molecule has 6 nitrogen and oxygen atoms in total. The molecule has 4 N–H and O–H groups in total. The molecule has 0 aliphatic heterocycles. The summed E-state index contributed by atoms with van der Waals surface area (Å²) in [6.07, 6.45) is 1.80. The van der Waals surface area contributed by atoms with E-state index < -0.39 is 35.6 Å². The Morgan fingerprint density at radius 1 is 1.22 bits per heavy atom. The van der Waals surface area contributed by atoms with E-state index >= 15 is 0 Å². The van der Waals surface area contributed by atoms with Crippen LogP contribution in [0.3, 0.4) is 0 Å². The largest absolute Gasteiger partial charge is 0.368 e. The molecule has 7 heteroatoms. The van der Waals surface area contributed by atoms with E-state index in [4.69, 9.17) is 5.73 Å². The van der Waals surface area contributed by atoms with Gasteiger partial charge in [0.15, 0.2) is 0 Å². The summed E-state index contributed by atoms with van der Waals surface area (Å²) < 4.78 is 12.9. The lowest BCUT2D eigenvalue weighted by atomic mass is 10.0. The van der Waals surface area contributed by atoms with Crippen molar-refractivity contribution in [2.45, 2.75) is 31.8 Å². The molecule has 0 fully saturated rings. The number of amides is 3. The highest BCUT2D eigenvalue weighted by molar-refractivity contribution is 5.91. The summed E-state index contributed by atoms with van der Waals surface area (Å²) in [6, 6.07) is 3.78. The first kappa shape index (κ1) is 18.3. The van der Waals surface area contributed by atoms with E-state index in [2.05, 4.69) is 17.2 Å². The molecule has 0 saturated heterocycles. The minimum atomic E-state index is -0.899. The van der Waals surface area contributed by atoms with Crippen LogP contribution >= 0.6 is 0 Å². The molecule has 0 aliphatic carbocycles. The fraction of sp³-hybridized carbons (Fsp3) is 0.312. The molecule has 0 radical (unpaired) electrons. The highest BCUT2D eigenvalue weighted by Gasteiger charge is 2.24. The van der Waals surface area contributed by atoms with Crippen molar-refractivity contribution in [3.63, 3.8) is 0 Å². The molecule has 3 amide bonds. The van der Waals surface area contributed by atoms with Gasteiger partial charge < -0.3 is 16.4 Å². The number of nitrogens with two attached hydrogens (primary N) is 1. The molecule has 0 heterocycles. The van der Waals surface area contributed by atoms with Crippen molar-refractivity contribution in [1.82, 2.24) is 10.6 Å². The Bertz CT molecular complexity index is 587. The van der Waals surface area contributed by atoms with Gasteiger partial charge >= 0.3 is 0 Å². The average molecular weight is 321 g/mol. The van der Waals surface area contributed by atoms with Crippen LogP contribution in [0, 0.1) is 5.82 Å². The fourth-order valence-electron chi connectivity index (χ4n) is 2.00. The van der Waals surface area contributed by atoms with E-state index in [0.29, 0.717) is 5.56 Å². The van der Waals surface area contributed by atoms with Gasteiger partial charge in [-0.3, -0.25) is 14.4 Å².